The van der Waals surface area contributed by atoms with Crippen molar-refractivity contribution < 1.29 is 44.5 Å². The van der Waals surface area contributed by atoms with Crippen molar-refractivity contribution in [2.24, 2.45) is 5.92 Å². The van der Waals surface area contributed by atoms with E-state index in [2.05, 4.69) is 119 Å². The molecule has 6 aromatic rings. The van der Waals surface area contributed by atoms with Gasteiger partial charge < -0.3 is 60.1 Å². The molecule has 0 spiro atoms. The van der Waals surface area contributed by atoms with Crippen molar-refractivity contribution in [3.63, 3.8) is 0 Å². The molecule has 10 N–H and O–H groups in total. The molecule has 438 valence electrons. The van der Waals surface area contributed by atoms with Crippen LogP contribution in [0.2, 0.25) is 0 Å². The van der Waals surface area contributed by atoms with E-state index in [9.17, 15) is 25.5 Å². The highest BCUT2D eigenvalue weighted by Gasteiger charge is 2.55. The molecule has 0 saturated heterocycles. The summed E-state index contributed by atoms with van der Waals surface area (Å²) in [6.45, 7) is 7.88. The van der Waals surface area contributed by atoms with Gasteiger partial charge in [0.05, 0.1) is 25.5 Å². The summed E-state index contributed by atoms with van der Waals surface area (Å²) in [7, 11) is 0. The zero-order chi connectivity index (χ0) is 57.2. The predicted octanol–water partition coefficient (Wildman–Crippen LogP) is 9.74. The molecule has 1 fully saturated rings. The third-order valence-corrected chi connectivity index (χ3v) is 18.4. The predicted molar refractivity (Wildman–Crippen MR) is 324 cm³/mol. The van der Waals surface area contributed by atoms with Gasteiger partial charge in [-0.1, -0.05) is 93.5 Å². The number of benzene rings is 5. The average Bonchev–Trinajstić information content (AvgIpc) is 3.98. The maximum Gasteiger partial charge on any atom is 0.161 e. The molecule has 83 heavy (non-hydrogen) atoms. The molecule has 0 radical (unpaired) electrons. The number of aryl methyl sites for hydroxylation is 1. The number of aromatic amines is 1. The maximum absolute atomic E-state index is 12.1. The van der Waals surface area contributed by atoms with Crippen molar-refractivity contribution in [1.29, 1.82) is 0 Å². The molecule has 14 nitrogen and oxygen atoms in total. The average molecular weight is 1130 g/mol. The van der Waals surface area contributed by atoms with E-state index in [0.717, 1.165) is 94.9 Å². The SMILES string of the molecule is CC(C)C[C@@](C)(O)CNCN[C@H]1C#CC[C@@H](CO)Oc2cc(ccc2O)[C@H]2Oc3c(c4c(c5c3CC[C@@H](CO)O5)-c3ccc(O)c5c3[C@H](C4)[C@@H](c3ccc4[nH]ccc4c3)C(CNCCCc3ccccc3)=C5)C[C@]12OCNC1CCCCC1. The van der Waals surface area contributed by atoms with Crippen LogP contribution in [0.15, 0.2) is 96.7 Å². The zero-order valence-corrected chi connectivity index (χ0v) is 48.4. The molecule has 0 amide bonds. The van der Waals surface area contributed by atoms with E-state index < -0.39 is 35.6 Å². The van der Waals surface area contributed by atoms with Gasteiger partial charge in [0.25, 0.3) is 0 Å². The lowest BCUT2D eigenvalue weighted by atomic mass is 9.62. The third kappa shape index (κ3) is 11.8. The van der Waals surface area contributed by atoms with Crippen molar-refractivity contribution in [3.05, 3.63) is 141 Å². The highest BCUT2D eigenvalue weighted by atomic mass is 16.6. The van der Waals surface area contributed by atoms with E-state index in [1.807, 2.05) is 31.3 Å². The van der Waals surface area contributed by atoms with Crippen LogP contribution >= 0.6 is 0 Å². The highest BCUT2D eigenvalue weighted by Crippen LogP contribution is 2.62. The zero-order valence-electron chi connectivity index (χ0n) is 48.4. The number of H-pyrrole nitrogens is 1. The first-order chi connectivity index (χ1) is 40.4. The molecule has 12 rings (SSSR count). The number of nitrogens with one attached hydrogen (secondary N) is 5. The Balaban J connectivity index is 1.03. The van der Waals surface area contributed by atoms with Crippen LogP contribution in [0.25, 0.3) is 28.1 Å². The maximum atomic E-state index is 12.1. The number of aromatic hydroxyl groups is 2. The molecular weight excluding hydrogens is 1040 g/mol. The smallest absolute Gasteiger partial charge is 0.161 e. The number of phenols is 2. The lowest BCUT2D eigenvalue weighted by molar-refractivity contribution is -0.144. The number of aliphatic hydroxyl groups excluding tert-OH is 2. The van der Waals surface area contributed by atoms with Crippen LogP contribution in [0.3, 0.4) is 0 Å². The van der Waals surface area contributed by atoms with Crippen molar-refractivity contribution in [3.8, 4) is 51.7 Å². The van der Waals surface area contributed by atoms with Crippen LogP contribution in [0.1, 0.15) is 141 Å². The Morgan fingerprint density at radius 2 is 1.65 bits per heavy atom. The quantitative estimate of drug-likeness (QED) is 0.0197. The molecule has 2 bridgehead atoms. The van der Waals surface area contributed by atoms with Crippen molar-refractivity contribution in [2.45, 2.75) is 158 Å². The van der Waals surface area contributed by atoms with Gasteiger partial charge in [-0.25, -0.2) is 0 Å². The monoisotopic (exact) mass is 1130 g/mol. The Morgan fingerprint density at radius 1 is 0.831 bits per heavy atom. The van der Waals surface area contributed by atoms with Crippen molar-refractivity contribution >= 4 is 17.0 Å². The summed E-state index contributed by atoms with van der Waals surface area (Å²) in [5.41, 5.74) is 10.0. The van der Waals surface area contributed by atoms with Crippen LogP contribution in [0, 0.1) is 17.8 Å². The van der Waals surface area contributed by atoms with Crippen LogP contribution in [0.4, 0.5) is 0 Å². The molecule has 8 atom stereocenters. The fourth-order valence-electron chi connectivity index (χ4n) is 14.6. The minimum absolute atomic E-state index is 0.0686. The van der Waals surface area contributed by atoms with E-state index >= 15 is 0 Å². The summed E-state index contributed by atoms with van der Waals surface area (Å²) in [5, 5.41) is 72.7. The fraction of sp³-hybridized carbons (Fsp3) is 0.478. The van der Waals surface area contributed by atoms with Crippen molar-refractivity contribution in [2.75, 3.05) is 46.2 Å². The minimum atomic E-state index is -1.28. The normalized spacial score (nSPS) is 24.2. The van der Waals surface area contributed by atoms with E-state index in [1.165, 1.54) is 23.1 Å². The number of aliphatic hydroxyl groups is 3. The lowest BCUT2D eigenvalue weighted by Crippen LogP contribution is -2.62. The van der Waals surface area contributed by atoms with E-state index in [0.29, 0.717) is 68.2 Å². The number of aromatic nitrogens is 1. The molecule has 3 aliphatic heterocycles. The minimum Gasteiger partial charge on any atom is -0.507 e. The summed E-state index contributed by atoms with van der Waals surface area (Å²) in [5.74, 6) is 8.90. The van der Waals surface area contributed by atoms with E-state index in [1.54, 1.807) is 6.07 Å². The first kappa shape index (κ1) is 57.1. The molecule has 6 aliphatic rings. The number of phenolic OH excluding ortho intramolecular Hbond substituents is 2. The third-order valence-electron chi connectivity index (χ3n) is 18.4. The van der Waals surface area contributed by atoms with Gasteiger partial charge in [-0.3, -0.25) is 10.6 Å². The van der Waals surface area contributed by atoms with Gasteiger partial charge in [0.2, 0.25) is 0 Å². The van der Waals surface area contributed by atoms with Crippen LogP contribution in [-0.4, -0.2) is 112 Å². The van der Waals surface area contributed by atoms with Gasteiger partial charge in [0.15, 0.2) is 17.6 Å². The molecule has 0 unspecified atom stereocenters. The van der Waals surface area contributed by atoms with Gasteiger partial charge in [0, 0.05) is 78.5 Å². The van der Waals surface area contributed by atoms with Crippen molar-refractivity contribution in [1.82, 2.24) is 26.3 Å². The van der Waals surface area contributed by atoms with Crippen LogP contribution < -0.4 is 35.5 Å². The second kappa shape index (κ2) is 24.7. The first-order valence-electron chi connectivity index (χ1n) is 30.6. The highest BCUT2D eigenvalue weighted by molar-refractivity contribution is 5.90. The lowest BCUT2D eigenvalue weighted by Gasteiger charge is -2.50. The van der Waals surface area contributed by atoms with Gasteiger partial charge in [-0.2, -0.15) is 0 Å². The number of rotatable bonds is 20. The summed E-state index contributed by atoms with van der Waals surface area (Å²) >= 11 is 0. The second-order valence-electron chi connectivity index (χ2n) is 25.0. The number of hydrogen-bond acceptors (Lipinski definition) is 13. The summed E-state index contributed by atoms with van der Waals surface area (Å²) in [6, 6.07) is 28.3. The topological polar surface area (TPSA) is 202 Å². The molecule has 5 aromatic carbocycles. The molecule has 1 aromatic heterocycles. The molecule has 4 heterocycles. The largest absolute Gasteiger partial charge is 0.507 e. The Hall–Kier alpha value is -6.38. The number of ether oxygens (including phenoxy) is 4. The number of hydrogen-bond donors (Lipinski definition) is 10. The summed E-state index contributed by atoms with van der Waals surface area (Å²) in [4.78, 5) is 3.41. The second-order valence-corrected chi connectivity index (χ2v) is 25.0. The summed E-state index contributed by atoms with van der Waals surface area (Å²) in [6.07, 6.45) is 12.6. The van der Waals surface area contributed by atoms with E-state index in [4.69, 9.17) is 18.9 Å². The Morgan fingerprint density at radius 3 is 2.47 bits per heavy atom. The van der Waals surface area contributed by atoms with Gasteiger partial charge in [0.1, 0.15) is 41.1 Å². The Bertz CT molecular complexity index is 3380. The molecule has 3 aliphatic carbocycles. The van der Waals surface area contributed by atoms with Gasteiger partial charge >= 0.3 is 0 Å². The molecular formula is C69H83N5O9. The van der Waals surface area contributed by atoms with Crippen LogP contribution in [0.5, 0.6) is 28.7 Å². The summed E-state index contributed by atoms with van der Waals surface area (Å²) < 4.78 is 28.9. The Labute approximate surface area is 488 Å². The number of fused-ring (bicyclic) bond motifs is 12. The first-order valence-corrected chi connectivity index (χ1v) is 30.6. The van der Waals surface area contributed by atoms with Gasteiger partial charge in [-0.05, 0) is 163 Å². The standard InChI is InChI=1S/C69H83N5O9/c1-42(2)34-68(3,79)39-71-40-73-61-18-10-17-49(37-75)81-60-32-46(20-25-59(60)78)67-69(61,80-41-74-48-15-8-5-9-16-48)35-56-53-33-55-62(45-19-24-57-44(30-45)27-29-72-57)47(36-70-28-11-14-43-12-6-4-7-13-43)31-54-58(77)26-23-51(63(54)55)64(53)66-52(65(56)83-67)22-21-50(38-76)82-66/h4,6-7,12-13,19-20,23-27,29-32,42,48-50,55,61-62,67,70-79H,5,8-9,11,14-17,21-22,28,33-41H2,1-3H3/t49-,50-,55+,61-,62-,67+,68+,69-/m0/s1. The van der Waals surface area contributed by atoms with Crippen LogP contribution in [-0.2, 0) is 30.4 Å². The Kier molecular flexibility index (Phi) is 17.0. The van der Waals surface area contributed by atoms with Gasteiger partial charge in [-0.15, -0.1) is 0 Å². The molecule has 1 saturated carbocycles. The molecule has 14 heteroatoms. The van der Waals surface area contributed by atoms with E-state index in [-0.39, 0.29) is 68.2 Å². The fourth-order valence-corrected chi connectivity index (χ4v) is 14.6.